The van der Waals surface area contributed by atoms with E-state index in [1.807, 2.05) is 22.5 Å². The first-order valence-corrected chi connectivity index (χ1v) is 13.0. The molecule has 9 heteroatoms. The lowest BCUT2D eigenvalue weighted by Gasteiger charge is -2.35. The average molecular weight is 478 g/mol. The number of aryl methyl sites for hydroxylation is 1. The second-order valence-corrected chi connectivity index (χ2v) is 10.3. The van der Waals surface area contributed by atoms with Gasteiger partial charge < -0.3 is 14.2 Å². The molecule has 0 spiro atoms. The van der Waals surface area contributed by atoms with Crippen LogP contribution in [0.3, 0.4) is 0 Å². The maximum atomic E-state index is 12.5. The Kier molecular flexibility index (Phi) is 8.53. The van der Waals surface area contributed by atoms with Crippen molar-refractivity contribution in [3.63, 3.8) is 0 Å². The monoisotopic (exact) mass is 477 g/mol. The Balaban J connectivity index is 1.66. The highest BCUT2D eigenvalue weighted by Gasteiger charge is 2.25. The van der Waals surface area contributed by atoms with Gasteiger partial charge in [0.05, 0.1) is 33.9 Å². The SMILES string of the molecule is CCOC(=O)c1ccc2c(c1)sc(=NC(=O)CSCC(=O)N1CC(C)CC(C)C1)n2CC. The molecule has 0 saturated carbocycles. The van der Waals surface area contributed by atoms with E-state index >= 15 is 0 Å². The summed E-state index contributed by atoms with van der Waals surface area (Å²) in [6.45, 7) is 10.7. The fraction of sp³-hybridized carbons (Fsp3) is 0.565. The lowest BCUT2D eigenvalue weighted by molar-refractivity contribution is -0.130. The molecule has 174 valence electrons. The zero-order valence-corrected chi connectivity index (χ0v) is 20.8. The van der Waals surface area contributed by atoms with Gasteiger partial charge in [-0.1, -0.05) is 25.2 Å². The fourth-order valence-electron chi connectivity index (χ4n) is 4.13. The molecule has 0 bridgehead atoms. The number of fused-ring (bicyclic) bond motifs is 1. The van der Waals surface area contributed by atoms with Gasteiger partial charge in [-0.05, 0) is 50.3 Å². The van der Waals surface area contributed by atoms with Gasteiger partial charge >= 0.3 is 5.97 Å². The summed E-state index contributed by atoms with van der Waals surface area (Å²) in [6, 6.07) is 5.37. The molecule has 1 aromatic heterocycles. The highest BCUT2D eigenvalue weighted by atomic mass is 32.2. The van der Waals surface area contributed by atoms with Crippen LogP contribution < -0.4 is 4.80 Å². The van der Waals surface area contributed by atoms with E-state index in [0.29, 0.717) is 41.1 Å². The minimum atomic E-state index is -0.362. The van der Waals surface area contributed by atoms with E-state index in [0.717, 1.165) is 29.7 Å². The summed E-state index contributed by atoms with van der Waals surface area (Å²) in [5.74, 6) is 0.970. The van der Waals surface area contributed by atoms with Crippen LogP contribution in [0.25, 0.3) is 10.2 Å². The zero-order chi connectivity index (χ0) is 23.3. The normalized spacial score (nSPS) is 19.4. The third-order valence-electron chi connectivity index (χ3n) is 5.40. The van der Waals surface area contributed by atoms with E-state index in [-0.39, 0.29) is 23.5 Å². The Morgan fingerprint density at radius 2 is 1.88 bits per heavy atom. The molecule has 1 fully saturated rings. The molecular formula is C23H31N3O4S2. The number of thiazole rings is 1. The van der Waals surface area contributed by atoms with Crippen LogP contribution in [0.1, 0.15) is 44.5 Å². The maximum absolute atomic E-state index is 12.5. The van der Waals surface area contributed by atoms with E-state index in [2.05, 4.69) is 18.8 Å². The number of rotatable bonds is 7. The van der Waals surface area contributed by atoms with Crippen LogP contribution in [0, 0.1) is 11.8 Å². The molecule has 0 radical (unpaired) electrons. The molecule has 2 unspecified atom stereocenters. The van der Waals surface area contributed by atoms with Crippen molar-refractivity contribution in [3.05, 3.63) is 28.6 Å². The molecule has 2 aromatic rings. The van der Waals surface area contributed by atoms with Gasteiger partial charge in [-0.2, -0.15) is 4.99 Å². The van der Waals surface area contributed by atoms with Gasteiger partial charge in [-0.25, -0.2) is 4.79 Å². The molecular weight excluding hydrogens is 446 g/mol. The number of nitrogens with zero attached hydrogens (tertiary/aromatic N) is 3. The lowest BCUT2D eigenvalue weighted by atomic mass is 9.92. The number of carbonyl (C=O) groups is 3. The number of piperidine rings is 1. The van der Waals surface area contributed by atoms with E-state index in [4.69, 9.17) is 4.74 Å². The number of ether oxygens (including phenoxy) is 1. The van der Waals surface area contributed by atoms with Crippen LogP contribution in [0.2, 0.25) is 0 Å². The summed E-state index contributed by atoms with van der Waals surface area (Å²) in [7, 11) is 0. The number of hydrogen-bond donors (Lipinski definition) is 0. The van der Waals surface area contributed by atoms with Crippen LogP contribution in [-0.4, -0.2) is 58.5 Å². The van der Waals surface area contributed by atoms with Crippen molar-refractivity contribution in [2.75, 3.05) is 31.2 Å². The van der Waals surface area contributed by atoms with Gasteiger partial charge in [0.25, 0.3) is 5.91 Å². The topological polar surface area (TPSA) is 81.0 Å². The molecule has 0 N–H and O–H groups in total. The second-order valence-electron chi connectivity index (χ2n) is 8.27. The van der Waals surface area contributed by atoms with Gasteiger partial charge in [0.2, 0.25) is 5.91 Å². The minimum absolute atomic E-state index is 0.0955. The smallest absolute Gasteiger partial charge is 0.338 e. The van der Waals surface area contributed by atoms with Crippen molar-refractivity contribution in [1.29, 1.82) is 0 Å². The largest absolute Gasteiger partial charge is 0.462 e. The van der Waals surface area contributed by atoms with E-state index < -0.39 is 0 Å². The highest BCUT2D eigenvalue weighted by Crippen LogP contribution is 2.22. The first-order chi connectivity index (χ1) is 15.3. The molecule has 1 aliphatic rings. The molecule has 1 saturated heterocycles. The average Bonchev–Trinajstić information content (AvgIpc) is 3.08. The number of thioether (sulfide) groups is 1. The lowest BCUT2D eigenvalue weighted by Crippen LogP contribution is -2.43. The predicted octanol–water partition coefficient (Wildman–Crippen LogP) is 3.56. The molecule has 3 rings (SSSR count). The third kappa shape index (κ3) is 6.01. The van der Waals surface area contributed by atoms with Crippen molar-refractivity contribution >= 4 is 51.1 Å². The van der Waals surface area contributed by atoms with Crippen molar-refractivity contribution in [2.45, 2.75) is 40.7 Å². The zero-order valence-electron chi connectivity index (χ0n) is 19.1. The van der Waals surface area contributed by atoms with Gasteiger partial charge in [0, 0.05) is 19.6 Å². The van der Waals surface area contributed by atoms with Crippen molar-refractivity contribution in [1.82, 2.24) is 9.47 Å². The highest BCUT2D eigenvalue weighted by molar-refractivity contribution is 8.00. The number of benzene rings is 1. The van der Waals surface area contributed by atoms with Gasteiger partial charge in [-0.15, -0.1) is 11.8 Å². The summed E-state index contributed by atoms with van der Waals surface area (Å²) in [6.07, 6.45) is 1.15. The second kappa shape index (κ2) is 11.1. The molecule has 1 aromatic carbocycles. The summed E-state index contributed by atoms with van der Waals surface area (Å²) in [5.41, 5.74) is 1.41. The molecule has 2 heterocycles. The molecule has 7 nitrogen and oxygen atoms in total. The van der Waals surface area contributed by atoms with E-state index in [1.54, 1.807) is 19.1 Å². The van der Waals surface area contributed by atoms with Crippen molar-refractivity contribution in [3.8, 4) is 0 Å². The molecule has 2 atom stereocenters. The Morgan fingerprint density at radius 1 is 1.16 bits per heavy atom. The molecule has 2 amide bonds. The molecule has 32 heavy (non-hydrogen) atoms. The standard InChI is InChI=1S/C23H31N3O4S2/c1-5-26-18-8-7-17(22(29)30-6-2)10-19(18)32-23(26)24-20(27)13-31-14-21(28)25-11-15(3)9-16(4)12-25/h7-8,10,15-16H,5-6,9,11-14H2,1-4H3. The summed E-state index contributed by atoms with van der Waals surface area (Å²) in [5, 5.41) is 0. The van der Waals surface area contributed by atoms with Crippen LogP contribution in [0.5, 0.6) is 0 Å². The van der Waals surface area contributed by atoms with Crippen molar-refractivity contribution < 1.29 is 19.1 Å². The minimum Gasteiger partial charge on any atom is -0.462 e. The quantitative estimate of drug-likeness (QED) is 0.570. The number of carbonyl (C=O) groups excluding carboxylic acids is 3. The van der Waals surface area contributed by atoms with Gasteiger partial charge in [0.15, 0.2) is 4.80 Å². The first-order valence-electron chi connectivity index (χ1n) is 11.1. The van der Waals surface area contributed by atoms with Gasteiger partial charge in [-0.3, -0.25) is 9.59 Å². The van der Waals surface area contributed by atoms with Crippen LogP contribution in [0.4, 0.5) is 0 Å². The summed E-state index contributed by atoms with van der Waals surface area (Å²) >= 11 is 2.69. The maximum Gasteiger partial charge on any atom is 0.338 e. The van der Waals surface area contributed by atoms with Crippen LogP contribution >= 0.6 is 23.1 Å². The van der Waals surface area contributed by atoms with E-state index in [1.165, 1.54) is 23.1 Å². The predicted molar refractivity (Wildman–Crippen MR) is 129 cm³/mol. The van der Waals surface area contributed by atoms with E-state index in [9.17, 15) is 14.4 Å². The first kappa shape index (κ1) is 24.5. The van der Waals surface area contributed by atoms with Crippen LogP contribution in [-0.2, 0) is 20.9 Å². The Labute approximate surface area is 196 Å². The Hall–Kier alpha value is -2.13. The van der Waals surface area contributed by atoms with Gasteiger partial charge in [0.1, 0.15) is 0 Å². The summed E-state index contributed by atoms with van der Waals surface area (Å²) < 4.78 is 7.90. The Bertz CT molecular complexity index is 1050. The molecule has 1 aliphatic heterocycles. The number of amides is 2. The molecule has 0 aliphatic carbocycles. The third-order valence-corrected chi connectivity index (χ3v) is 7.35. The van der Waals surface area contributed by atoms with Crippen LogP contribution in [0.15, 0.2) is 23.2 Å². The number of esters is 1. The Morgan fingerprint density at radius 3 is 2.53 bits per heavy atom. The number of hydrogen-bond acceptors (Lipinski definition) is 6. The number of likely N-dealkylation sites (tertiary alicyclic amines) is 1. The summed E-state index contributed by atoms with van der Waals surface area (Å²) in [4.78, 5) is 43.8. The number of aromatic nitrogens is 1. The fourth-order valence-corrected chi connectivity index (χ4v) is 5.98. The van der Waals surface area contributed by atoms with Crippen molar-refractivity contribution in [2.24, 2.45) is 16.8 Å².